The second-order valence-corrected chi connectivity index (χ2v) is 7.90. The van der Waals surface area contributed by atoms with Crippen molar-refractivity contribution >= 4 is 17.9 Å². The highest BCUT2D eigenvalue weighted by Crippen LogP contribution is 2.21. The topological polar surface area (TPSA) is 78.9 Å². The fourth-order valence-corrected chi connectivity index (χ4v) is 2.86. The third-order valence-corrected chi connectivity index (χ3v) is 4.18. The summed E-state index contributed by atoms with van der Waals surface area (Å²) in [6.07, 6.45) is 2.87. The van der Waals surface area contributed by atoms with Crippen molar-refractivity contribution in [2.75, 3.05) is 13.2 Å². The van der Waals surface area contributed by atoms with Gasteiger partial charge in [-0.25, -0.2) is 4.79 Å². The van der Waals surface area contributed by atoms with Crippen molar-refractivity contribution in [3.8, 4) is 0 Å². The highest BCUT2D eigenvalue weighted by molar-refractivity contribution is 5.89. The van der Waals surface area contributed by atoms with Gasteiger partial charge in [-0.2, -0.15) is 0 Å². The molecule has 0 bridgehead atoms. The Morgan fingerprint density at radius 3 is 2.10 bits per heavy atom. The fourth-order valence-electron chi connectivity index (χ4n) is 2.86. The van der Waals surface area contributed by atoms with Crippen molar-refractivity contribution in [2.45, 2.75) is 72.3 Å². The first-order chi connectivity index (χ1) is 13.7. The maximum Gasteiger partial charge on any atom is 0.338 e. The maximum absolute atomic E-state index is 12.7. The molecule has 162 valence electrons. The Labute approximate surface area is 173 Å². The van der Waals surface area contributed by atoms with E-state index in [1.54, 1.807) is 26.0 Å². The molecule has 0 aliphatic carbocycles. The largest absolute Gasteiger partial charge is 0.466 e. The molecule has 0 aliphatic rings. The number of rotatable bonds is 11. The zero-order chi connectivity index (χ0) is 21.9. The number of esters is 3. The summed E-state index contributed by atoms with van der Waals surface area (Å²) in [5.41, 5.74) is 0.867. The SMILES string of the molecule is CCOC(=O)CCCCC(Cc1ccc(C(=O)OCC)cc1)C(=O)OC(C)(C)C. The second kappa shape index (κ2) is 12.2. The van der Waals surface area contributed by atoms with Gasteiger partial charge in [0.25, 0.3) is 0 Å². The summed E-state index contributed by atoms with van der Waals surface area (Å²) in [6, 6.07) is 7.09. The van der Waals surface area contributed by atoms with Crippen LogP contribution in [0.15, 0.2) is 24.3 Å². The van der Waals surface area contributed by atoms with E-state index in [1.807, 2.05) is 32.9 Å². The number of carbonyl (C=O) groups is 3. The first-order valence-electron chi connectivity index (χ1n) is 10.3. The first-order valence-corrected chi connectivity index (χ1v) is 10.3. The monoisotopic (exact) mass is 406 g/mol. The summed E-state index contributed by atoms with van der Waals surface area (Å²) in [5.74, 6) is -1.13. The molecule has 0 fully saturated rings. The van der Waals surface area contributed by atoms with E-state index in [-0.39, 0.29) is 23.8 Å². The summed E-state index contributed by atoms with van der Waals surface area (Å²) in [6.45, 7) is 9.78. The molecule has 0 spiro atoms. The Morgan fingerprint density at radius 1 is 0.931 bits per heavy atom. The van der Waals surface area contributed by atoms with Crippen LogP contribution >= 0.6 is 0 Å². The van der Waals surface area contributed by atoms with Crippen LogP contribution in [0.5, 0.6) is 0 Å². The lowest BCUT2D eigenvalue weighted by molar-refractivity contribution is -0.160. The molecule has 1 atom stereocenters. The number of benzene rings is 1. The molecule has 1 rings (SSSR count). The first kappa shape index (κ1) is 24.7. The third kappa shape index (κ3) is 10.1. The fraction of sp³-hybridized carbons (Fsp3) is 0.609. The predicted molar refractivity (Wildman–Crippen MR) is 111 cm³/mol. The van der Waals surface area contributed by atoms with Gasteiger partial charge in [-0.3, -0.25) is 9.59 Å². The van der Waals surface area contributed by atoms with E-state index in [1.165, 1.54) is 0 Å². The summed E-state index contributed by atoms with van der Waals surface area (Å²) in [5, 5.41) is 0. The van der Waals surface area contributed by atoms with Crippen LogP contribution in [-0.2, 0) is 30.2 Å². The van der Waals surface area contributed by atoms with Crippen LogP contribution in [-0.4, -0.2) is 36.7 Å². The minimum absolute atomic E-state index is 0.212. The Kier molecular flexibility index (Phi) is 10.4. The van der Waals surface area contributed by atoms with E-state index in [0.717, 1.165) is 12.0 Å². The van der Waals surface area contributed by atoms with Crippen LogP contribution in [0.1, 0.15) is 76.2 Å². The van der Waals surface area contributed by atoms with Crippen molar-refractivity contribution in [3.63, 3.8) is 0 Å². The van der Waals surface area contributed by atoms with Gasteiger partial charge in [0, 0.05) is 6.42 Å². The van der Waals surface area contributed by atoms with E-state index < -0.39 is 5.60 Å². The molecule has 0 heterocycles. The van der Waals surface area contributed by atoms with E-state index in [9.17, 15) is 14.4 Å². The second-order valence-electron chi connectivity index (χ2n) is 7.90. The molecule has 0 N–H and O–H groups in total. The van der Waals surface area contributed by atoms with Gasteiger partial charge in [0.15, 0.2) is 0 Å². The molecule has 0 saturated heterocycles. The molecule has 0 aromatic heterocycles. The van der Waals surface area contributed by atoms with Gasteiger partial charge in [0.2, 0.25) is 0 Å². The molecule has 6 heteroatoms. The number of unbranched alkanes of at least 4 members (excludes halogenated alkanes) is 1. The molecule has 1 unspecified atom stereocenters. The predicted octanol–water partition coefficient (Wildman–Crippen LogP) is 4.49. The molecule has 1 aromatic carbocycles. The number of hydrogen-bond donors (Lipinski definition) is 0. The van der Waals surface area contributed by atoms with Crippen LogP contribution in [0.25, 0.3) is 0 Å². The van der Waals surface area contributed by atoms with E-state index in [4.69, 9.17) is 14.2 Å². The maximum atomic E-state index is 12.7. The highest BCUT2D eigenvalue weighted by Gasteiger charge is 2.25. The van der Waals surface area contributed by atoms with Crippen molar-refractivity contribution in [3.05, 3.63) is 35.4 Å². The number of ether oxygens (including phenoxy) is 3. The molecule has 29 heavy (non-hydrogen) atoms. The lowest BCUT2D eigenvalue weighted by Gasteiger charge is -2.24. The van der Waals surface area contributed by atoms with Gasteiger partial charge >= 0.3 is 17.9 Å². The zero-order valence-corrected chi connectivity index (χ0v) is 18.3. The third-order valence-electron chi connectivity index (χ3n) is 4.18. The van der Waals surface area contributed by atoms with Gasteiger partial charge in [-0.15, -0.1) is 0 Å². The Morgan fingerprint density at radius 2 is 1.55 bits per heavy atom. The summed E-state index contributed by atoms with van der Waals surface area (Å²) in [7, 11) is 0. The molecule has 0 radical (unpaired) electrons. The van der Waals surface area contributed by atoms with Crippen LogP contribution < -0.4 is 0 Å². The molecule has 0 saturated carbocycles. The average Bonchev–Trinajstić information content (AvgIpc) is 2.63. The van der Waals surface area contributed by atoms with Gasteiger partial charge < -0.3 is 14.2 Å². The normalized spacial score (nSPS) is 12.2. The van der Waals surface area contributed by atoms with Crippen molar-refractivity contribution < 1.29 is 28.6 Å². The van der Waals surface area contributed by atoms with Gasteiger partial charge in [0.05, 0.1) is 24.7 Å². The minimum Gasteiger partial charge on any atom is -0.466 e. The van der Waals surface area contributed by atoms with E-state index in [2.05, 4.69) is 0 Å². The molecule has 0 aliphatic heterocycles. The quantitative estimate of drug-likeness (QED) is 0.306. The summed E-state index contributed by atoms with van der Waals surface area (Å²) >= 11 is 0. The van der Waals surface area contributed by atoms with Crippen LogP contribution in [0.4, 0.5) is 0 Å². The standard InChI is InChI=1S/C23H34O6/c1-6-27-20(24)11-9-8-10-19(22(26)29-23(3,4)5)16-17-12-14-18(15-13-17)21(25)28-7-2/h12-15,19H,6-11,16H2,1-5H3. The van der Waals surface area contributed by atoms with Crippen LogP contribution in [0, 0.1) is 5.92 Å². The summed E-state index contributed by atoms with van der Waals surface area (Å²) < 4.78 is 15.5. The van der Waals surface area contributed by atoms with Crippen molar-refractivity contribution in [1.29, 1.82) is 0 Å². The van der Waals surface area contributed by atoms with E-state index in [0.29, 0.717) is 44.5 Å². The number of carbonyl (C=O) groups excluding carboxylic acids is 3. The van der Waals surface area contributed by atoms with Crippen LogP contribution in [0.3, 0.4) is 0 Å². The van der Waals surface area contributed by atoms with Gasteiger partial charge in [-0.1, -0.05) is 18.6 Å². The van der Waals surface area contributed by atoms with E-state index >= 15 is 0 Å². The molecular weight excluding hydrogens is 372 g/mol. The highest BCUT2D eigenvalue weighted by atomic mass is 16.6. The Balaban J connectivity index is 2.73. The Hall–Kier alpha value is -2.37. The number of hydrogen-bond acceptors (Lipinski definition) is 6. The van der Waals surface area contributed by atoms with Crippen molar-refractivity contribution in [1.82, 2.24) is 0 Å². The smallest absolute Gasteiger partial charge is 0.338 e. The lowest BCUT2D eigenvalue weighted by Crippen LogP contribution is -2.30. The zero-order valence-electron chi connectivity index (χ0n) is 18.3. The van der Waals surface area contributed by atoms with Crippen LogP contribution in [0.2, 0.25) is 0 Å². The molecule has 0 amide bonds. The Bertz CT molecular complexity index is 657. The van der Waals surface area contributed by atoms with Gasteiger partial charge in [0.1, 0.15) is 5.60 Å². The summed E-state index contributed by atoms with van der Waals surface area (Å²) in [4.78, 5) is 35.9. The molecule has 6 nitrogen and oxygen atoms in total. The minimum atomic E-state index is -0.561. The van der Waals surface area contributed by atoms with Gasteiger partial charge in [-0.05, 0) is 71.6 Å². The van der Waals surface area contributed by atoms with Crippen molar-refractivity contribution in [2.24, 2.45) is 5.92 Å². The lowest BCUT2D eigenvalue weighted by atomic mass is 9.93. The average molecular weight is 407 g/mol. The molecule has 1 aromatic rings. The molecular formula is C23H34O6.